The minimum absolute atomic E-state index is 0.0795. The van der Waals surface area contributed by atoms with E-state index in [0.29, 0.717) is 12.5 Å². The van der Waals surface area contributed by atoms with Gasteiger partial charge in [-0.1, -0.05) is 45.2 Å². The van der Waals surface area contributed by atoms with E-state index < -0.39 is 16.4 Å². The number of nitro groups is 1. The Labute approximate surface area is 119 Å². The van der Waals surface area contributed by atoms with Crippen molar-refractivity contribution in [2.24, 2.45) is 5.92 Å². The third-order valence-electron chi connectivity index (χ3n) is 3.41. The fourth-order valence-electron chi connectivity index (χ4n) is 2.05. The molecule has 0 saturated heterocycles. The molecule has 4 nitrogen and oxygen atoms in total. The zero-order valence-corrected chi connectivity index (χ0v) is 12.1. The summed E-state index contributed by atoms with van der Waals surface area (Å²) in [6.45, 7) is 4.90. The van der Waals surface area contributed by atoms with Crippen molar-refractivity contribution in [3.05, 3.63) is 39.7 Å². The first-order chi connectivity index (χ1) is 9.60. The highest BCUT2D eigenvalue weighted by atomic mass is 19.1. The van der Waals surface area contributed by atoms with E-state index in [1.54, 1.807) is 0 Å². The first-order valence-corrected chi connectivity index (χ1v) is 7.09. The van der Waals surface area contributed by atoms with Gasteiger partial charge in [-0.2, -0.15) is 4.39 Å². The maximum absolute atomic E-state index is 13.8. The van der Waals surface area contributed by atoms with Crippen LogP contribution in [0.25, 0.3) is 0 Å². The fraction of sp³-hybridized carbons (Fsp3) is 0.600. The Bertz CT molecular complexity index is 437. The summed E-state index contributed by atoms with van der Waals surface area (Å²) in [7, 11) is 0. The average Bonchev–Trinajstić information content (AvgIpc) is 2.44. The van der Waals surface area contributed by atoms with E-state index in [-0.39, 0.29) is 12.2 Å². The van der Waals surface area contributed by atoms with Crippen molar-refractivity contribution in [1.82, 2.24) is 0 Å². The molecular weight excluding hydrogens is 261 g/mol. The van der Waals surface area contributed by atoms with Crippen molar-refractivity contribution in [1.29, 1.82) is 0 Å². The molecule has 5 heteroatoms. The third-order valence-corrected chi connectivity index (χ3v) is 3.41. The number of hydrogen-bond donors (Lipinski definition) is 0. The normalized spacial score (nSPS) is 12.3. The van der Waals surface area contributed by atoms with Gasteiger partial charge in [0.2, 0.25) is 5.82 Å². The average molecular weight is 283 g/mol. The van der Waals surface area contributed by atoms with Crippen LogP contribution in [0.2, 0.25) is 0 Å². The van der Waals surface area contributed by atoms with Crippen molar-refractivity contribution >= 4 is 5.69 Å². The predicted octanol–water partition coefficient (Wildman–Crippen LogP) is 4.47. The first kappa shape index (κ1) is 16.6. The topological polar surface area (TPSA) is 52.4 Å². The van der Waals surface area contributed by atoms with E-state index >= 15 is 0 Å². The van der Waals surface area contributed by atoms with Crippen LogP contribution in [0, 0.1) is 21.8 Å². The smallest absolute Gasteiger partial charge is 0.305 e. The molecule has 0 aliphatic heterocycles. The van der Waals surface area contributed by atoms with E-state index in [1.807, 2.05) is 0 Å². The van der Waals surface area contributed by atoms with E-state index in [4.69, 9.17) is 4.74 Å². The van der Waals surface area contributed by atoms with E-state index in [0.717, 1.165) is 31.7 Å². The maximum Gasteiger partial charge on any atom is 0.305 e. The summed E-state index contributed by atoms with van der Waals surface area (Å²) >= 11 is 0. The highest BCUT2D eigenvalue weighted by Gasteiger charge is 2.17. The maximum atomic E-state index is 13.8. The van der Waals surface area contributed by atoms with E-state index in [2.05, 4.69) is 13.8 Å². The molecule has 0 aliphatic carbocycles. The molecule has 0 radical (unpaired) electrons. The zero-order valence-electron chi connectivity index (χ0n) is 12.1. The predicted molar refractivity (Wildman–Crippen MR) is 76.0 cm³/mol. The molecule has 0 bridgehead atoms. The van der Waals surface area contributed by atoms with E-state index in [9.17, 15) is 14.5 Å². The van der Waals surface area contributed by atoms with Crippen LogP contribution in [0.1, 0.15) is 45.1 Å². The lowest BCUT2D eigenvalue weighted by Crippen LogP contribution is -2.09. The molecule has 0 N–H and O–H groups in total. The van der Waals surface area contributed by atoms with Crippen molar-refractivity contribution in [3.8, 4) is 0 Å². The monoisotopic (exact) mass is 283 g/mol. The summed E-state index contributed by atoms with van der Waals surface area (Å²) in [4.78, 5) is 9.93. The minimum Gasteiger partial charge on any atom is -0.376 e. The Kier molecular flexibility index (Phi) is 7.15. The molecule has 0 spiro atoms. The molecule has 1 rings (SSSR count). The van der Waals surface area contributed by atoms with Crippen LogP contribution in [-0.2, 0) is 11.3 Å². The number of halogens is 1. The lowest BCUT2D eigenvalue weighted by Gasteiger charge is -2.14. The molecule has 0 amide bonds. The Balaban J connectivity index is 2.53. The Morgan fingerprint density at radius 3 is 2.75 bits per heavy atom. The molecule has 1 aromatic carbocycles. The Hall–Kier alpha value is -1.49. The van der Waals surface area contributed by atoms with Crippen LogP contribution in [0.15, 0.2) is 18.2 Å². The summed E-state index contributed by atoms with van der Waals surface area (Å²) in [5.74, 6) is -0.323. The van der Waals surface area contributed by atoms with Gasteiger partial charge in [-0.3, -0.25) is 10.1 Å². The van der Waals surface area contributed by atoms with E-state index in [1.165, 1.54) is 12.1 Å². The number of ether oxygens (including phenoxy) is 1. The van der Waals surface area contributed by atoms with Gasteiger partial charge in [0.1, 0.15) is 0 Å². The third kappa shape index (κ3) is 4.89. The van der Waals surface area contributed by atoms with Crippen LogP contribution in [-0.4, -0.2) is 11.5 Å². The van der Waals surface area contributed by atoms with Crippen LogP contribution in [0.4, 0.5) is 10.1 Å². The second-order valence-electron chi connectivity index (χ2n) is 4.94. The van der Waals surface area contributed by atoms with Crippen molar-refractivity contribution in [3.63, 3.8) is 0 Å². The van der Waals surface area contributed by atoms with Gasteiger partial charge in [0.05, 0.1) is 11.5 Å². The number of nitro benzene ring substituents is 1. The lowest BCUT2D eigenvalue weighted by atomic mass is 10.0. The van der Waals surface area contributed by atoms with Gasteiger partial charge in [0.25, 0.3) is 0 Å². The molecule has 1 aromatic rings. The standard InChI is InChI=1S/C15H22FNO3/c1-3-5-7-12(4-2)10-20-11-13-8-6-9-14(15(13)16)17(18)19/h6,8-9,12H,3-5,7,10-11H2,1-2H3. The highest BCUT2D eigenvalue weighted by molar-refractivity contribution is 5.36. The molecule has 112 valence electrons. The zero-order chi connectivity index (χ0) is 15.0. The molecule has 0 aromatic heterocycles. The molecule has 1 atom stereocenters. The molecule has 0 saturated carbocycles. The molecule has 20 heavy (non-hydrogen) atoms. The first-order valence-electron chi connectivity index (χ1n) is 7.09. The van der Waals surface area contributed by atoms with Gasteiger partial charge >= 0.3 is 5.69 Å². The summed E-state index contributed by atoms with van der Waals surface area (Å²) in [6.07, 6.45) is 4.44. The SMILES string of the molecule is CCCCC(CC)COCc1cccc([N+](=O)[O-])c1F. The molecule has 1 unspecified atom stereocenters. The quantitative estimate of drug-likeness (QED) is 0.496. The van der Waals surface area contributed by atoms with Crippen LogP contribution in [0.5, 0.6) is 0 Å². The van der Waals surface area contributed by atoms with Gasteiger partial charge in [-0.25, -0.2) is 0 Å². The molecular formula is C15H22FNO3. The highest BCUT2D eigenvalue weighted by Crippen LogP contribution is 2.21. The summed E-state index contributed by atoms with van der Waals surface area (Å²) in [5.41, 5.74) is -0.256. The fourth-order valence-corrected chi connectivity index (χ4v) is 2.05. The summed E-state index contributed by atoms with van der Waals surface area (Å²) in [6, 6.07) is 4.17. The van der Waals surface area contributed by atoms with Gasteiger partial charge in [0.15, 0.2) is 0 Å². The van der Waals surface area contributed by atoms with Gasteiger partial charge in [-0.15, -0.1) is 0 Å². The minimum atomic E-state index is -0.792. The van der Waals surface area contributed by atoms with Crippen LogP contribution < -0.4 is 0 Å². The largest absolute Gasteiger partial charge is 0.376 e. The second kappa shape index (κ2) is 8.64. The molecule has 0 aliphatic rings. The van der Waals surface area contributed by atoms with Crippen molar-refractivity contribution < 1.29 is 14.1 Å². The number of hydrogen-bond acceptors (Lipinski definition) is 3. The molecule has 0 heterocycles. The Morgan fingerprint density at radius 2 is 2.15 bits per heavy atom. The number of benzene rings is 1. The number of unbranched alkanes of at least 4 members (excludes halogenated alkanes) is 1. The van der Waals surface area contributed by atoms with Gasteiger partial charge < -0.3 is 4.74 Å². The van der Waals surface area contributed by atoms with Crippen molar-refractivity contribution in [2.75, 3.05) is 6.61 Å². The summed E-state index contributed by atoms with van der Waals surface area (Å²) < 4.78 is 19.3. The van der Waals surface area contributed by atoms with Gasteiger partial charge in [0, 0.05) is 18.2 Å². The van der Waals surface area contributed by atoms with Crippen molar-refractivity contribution in [2.45, 2.75) is 46.1 Å². The second-order valence-corrected chi connectivity index (χ2v) is 4.94. The van der Waals surface area contributed by atoms with Crippen LogP contribution in [0.3, 0.4) is 0 Å². The number of nitrogens with zero attached hydrogens (tertiary/aromatic N) is 1. The van der Waals surface area contributed by atoms with Gasteiger partial charge in [-0.05, 0) is 12.3 Å². The van der Waals surface area contributed by atoms with Crippen LogP contribution >= 0.6 is 0 Å². The summed E-state index contributed by atoms with van der Waals surface area (Å²) in [5, 5.41) is 10.6. The lowest BCUT2D eigenvalue weighted by molar-refractivity contribution is -0.387. The molecule has 0 fully saturated rings. The Morgan fingerprint density at radius 1 is 1.40 bits per heavy atom. The number of rotatable bonds is 9.